The van der Waals surface area contributed by atoms with Gasteiger partial charge in [-0.25, -0.2) is 13.2 Å². The highest BCUT2D eigenvalue weighted by atomic mass is 32.2. The Labute approximate surface area is 262 Å². The van der Waals surface area contributed by atoms with Gasteiger partial charge in [0, 0.05) is 57.9 Å². The summed E-state index contributed by atoms with van der Waals surface area (Å²) in [6.07, 6.45) is 2.80. The number of carbonyl (C=O) groups is 3. The van der Waals surface area contributed by atoms with Gasteiger partial charge < -0.3 is 14.7 Å². The molecule has 0 aliphatic carbocycles. The van der Waals surface area contributed by atoms with Crippen molar-refractivity contribution < 1.29 is 22.8 Å². The first-order valence-electron chi connectivity index (χ1n) is 15.7. The molecule has 2 atom stereocenters. The van der Waals surface area contributed by atoms with E-state index in [4.69, 9.17) is 0 Å². The van der Waals surface area contributed by atoms with Crippen molar-refractivity contribution in [3.63, 3.8) is 0 Å². The number of urea groups is 1. The number of likely N-dealkylation sites (N-methyl/N-ethyl adjacent to an activating group) is 1. The van der Waals surface area contributed by atoms with Crippen LogP contribution in [-0.4, -0.2) is 96.9 Å². The molecule has 3 aliphatic rings. The lowest BCUT2D eigenvalue weighted by Gasteiger charge is -2.42. The van der Waals surface area contributed by atoms with E-state index in [1.54, 1.807) is 17.0 Å². The smallest absolute Gasteiger partial charge is 0.327 e. The van der Waals surface area contributed by atoms with Crippen LogP contribution in [0.4, 0.5) is 4.79 Å². The van der Waals surface area contributed by atoms with E-state index in [0.29, 0.717) is 44.5 Å². The van der Waals surface area contributed by atoms with Gasteiger partial charge in [0.1, 0.15) is 5.54 Å². The summed E-state index contributed by atoms with van der Waals surface area (Å²) >= 11 is 0. The number of carbonyl (C=O) groups excluding carboxylic acids is 3. The minimum atomic E-state index is -3.33. The second kappa shape index (κ2) is 12.3. The SMILES string of the molecule is CCN1C(=O)N(Cc2ccc(S(C)(=O)=O)cc2)C(=O)C12CCN(C[C@H]1CN(C(=O)CC(C)(C)C)C[C@@H]1c1ccccc1)CC2. The minimum Gasteiger partial charge on any atom is -0.342 e. The van der Waals surface area contributed by atoms with Crippen molar-refractivity contribution in [2.24, 2.45) is 11.3 Å². The van der Waals surface area contributed by atoms with E-state index >= 15 is 0 Å². The molecule has 44 heavy (non-hydrogen) atoms. The molecule has 10 heteroatoms. The maximum atomic E-state index is 13.9. The molecule has 4 amide bonds. The maximum Gasteiger partial charge on any atom is 0.327 e. The zero-order valence-corrected chi connectivity index (χ0v) is 27.5. The molecule has 238 valence electrons. The largest absolute Gasteiger partial charge is 0.342 e. The Hall–Kier alpha value is -3.24. The van der Waals surface area contributed by atoms with Crippen LogP contribution in [0, 0.1) is 11.3 Å². The summed E-state index contributed by atoms with van der Waals surface area (Å²) in [6, 6.07) is 16.5. The van der Waals surface area contributed by atoms with Crippen molar-refractivity contribution >= 4 is 27.7 Å². The fourth-order valence-corrected chi connectivity index (χ4v) is 7.84. The molecule has 0 aromatic heterocycles. The highest BCUT2D eigenvalue weighted by Gasteiger charge is 2.57. The number of likely N-dealkylation sites (tertiary alicyclic amines) is 2. The molecule has 5 rings (SSSR count). The summed E-state index contributed by atoms with van der Waals surface area (Å²) in [5.41, 5.74) is 1.04. The Morgan fingerprint density at radius 1 is 0.955 bits per heavy atom. The highest BCUT2D eigenvalue weighted by molar-refractivity contribution is 7.90. The molecule has 2 aromatic rings. The van der Waals surface area contributed by atoms with Gasteiger partial charge >= 0.3 is 6.03 Å². The summed E-state index contributed by atoms with van der Waals surface area (Å²) < 4.78 is 23.7. The van der Waals surface area contributed by atoms with E-state index in [-0.39, 0.29) is 46.5 Å². The summed E-state index contributed by atoms with van der Waals surface area (Å²) in [5.74, 6) is 0.573. The van der Waals surface area contributed by atoms with Crippen LogP contribution in [0.2, 0.25) is 0 Å². The van der Waals surface area contributed by atoms with Crippen LogP contribution in [0.15, 0.2) is 59.5 Å². The fourth-order valence-electron chi connectivity index (χ4n) is 7.21. The molecule has 3 fully saturated rings. The van der Waals surface area contributed by atoms with E-state index in [2.05, 4.69) is 49.9 Å². The predicted molar refractivity (Wildman–Crippen MR) is 170 cm³/mol. The van der Waals surface area contributed by atoms with Gasteiger partial charge in [-0.3, -0.25) is 14.5 Å². The molecule has 1 spiro atoms. The Kier molecular flexibility index (Phi) is 8.97. The topological polar surface area (TPSA) is 98.3 Å². The van der Waals surface area contributed by atoms with Crippen molar-refractivity contribution in [2.75, 3.05) is 45.5 Å². The van der Waals surface area contributed by atoms with Gasteiger partial charge in [-0.15, -0.1) is 0 Å². The Balaban J connectivity index is 1.27. The number of sulfone groups is 1. The molecule has 0 saturated carbocycles. The number of imide groups is 1. The molecule has 2 aromatic carbocycles. The number of hydrogen-bond acceptors (Lipinski definition) is 6. The van der Waals surface area contributed by atoms with Crippen molar-refractivity contribution in [1.82, 2.24) is 19.6 Å². The quantitative estimate of drug-likeness (QED) is 0.405. The van der Waals surface area contributed by atoms with Gasteiger partial charge in [0.15, 0.2) is 9.84 Å². The molecule has 0 unspecified atom stereocenters. The predicted octanol–water partition coefficient (Wildman–Crippen LogP) is 4.39. The first-order chi connectivity index (χ1) is 20.7. The van der Waals surface area contributed by atoms with Crippen molar-refractivity contribution in [2.45, 2.75) is 69.9 Å². The number of hydrogen-bond donors (Lipinski definition) is 0. The molecule has 0 N–H and O–H groups in total. The van der Waals surface area contributed by atoms with Gasteiger partial charge in [0.2, 0.25) is 5.91 Å². The Morgan fingerprint density at radius 2 is 1.59 bits per heavy atom. The average Bonchev–Trinajstić information content (AvgIpc) is 3.47. The molecule has 3 aliphatic heterocycles. The van der Waals surface area contributed by atoms with Gasteiger partial charge in [-0.1, -0.05) is 63.2 Å². The summed E-state index contributed by atoms with van der Waals surface area (Å²) in [7, 11) is -3.33. The number of nitrogens with zero attached hydrogens (tertiary/aromatic N) is 4. The van der Waals surface area contributed by atoms with Crippen molar-refractivity contribution in [1.29, 1.82) is 0 Å². The van der Waals surface area contributed by atoms with Crippen LogP contribution in [-0.2, 0) is 26.0 Å². The van der Waals surface area contributed by atoms with Crippen LogP contribution in [0.3, 0.4) is 0 Å². The van der Waals surface area contributed by atoms with Crippen LogP contribution >= 0.6 is 0 Å². The van der Waals surface area contributed by atoms with Crippen LogP contribution in [0.5, 0.6) is 0 Å². The monoisotopic (exact) mass is 622 g/mol. The van der Waals surface area contributed by atoms with E-state index in [1.807, 2.05) is 17.9 Å². The molecule has 3 saturated heterocycles. The molecule has 0 radical (unpaired) electrons. The van der Waals surface area contributed by atoms with E-state index in [9.17, 15) is 22.8 Å². The standard InChI is InChI=1S/C34H46N4O5S/c1-6-38-32(41)37(21-25-12-14-28(15-13-25)44(5,42)43)31(40)34(38)16-18-35(19-17-34)22-27-23-36(30(39)20-33(2,3)4)24-29(27)26-10-8-7-9-11-26/h7-15,27,29H,6,16-24H2,1-5H3/t27-,29+/m0/s1. The third-order valence-electron chi connectivity index (χ3n) is 9.51. The number of benzene rings is 2. The molecule has 0 bridgehead atoms. The maximum absolute atomic E-state index is 13.9. The van der Waals surface area contributed by atoms with Gasteiger partial charge in [0.25, 0.3) is 5.91 Å². The molecule has 9 nitrogen and oxygen atoms in total. The summed E-state index contributed by atoms with van der Waals surface area (Å²) in [4.78, 5) is 48.3. The van der Waals surface area contributed by atoms with Gasteiger partial charge in [-0.2, -0.15) is 0 Å². The minimum absolute atomic E-state index is 0.0670. The number of amides is 4. The first kappa shape index (κ1) is 32.2. The van der Waals surface area contributed by atoms with E-state index in [0.717, 1.165) is 25.9 Å². The third-order valence-corrected chi connectivity index (χ3v) is 10.6. The number of rotatable bonds is 8. The van der Waals surface area contributed by atoms with Gasteiger partial charge in [-0.05, 0) is 54.4 Å². The zero-order valence-electron chi connectivity index (χ0n) is 26.7. The zero-order chi connectivity index (χ0) is 31.9. The first-order valence-corrected chi connectivity index (χ1v) is 17.6. The summed E-state index contributed by atoms with van der Waals surface area (Å²) in [6.45, 7) is 12.4. The third kappa shape index (κ3) is 6.56. The lowest BCUT2D eigenvalue weighted by molar-refractivity contribution is -0.136. The van der Waals surface area contributed by atoms with Crippen molar-refractivity contribution in [3.8, 4) is 0 Å². The summed E-state index contributed by atoms with van der Waals surface area (Å²) in [5, 5.41) is 0. The second-order valence-corrected chi connectivity index (χ2v) is 16.0. The average molecular weight is 623 g/mol. The van der Waals surface area contributed by atoms with Crippen LogP contribution < -0.4 is 0 Å². The van der Waals surface area contributed by atoms with E-state index < -0.39 is 15.4 Å². The lowest BCUT2D eigenvalue weighted by atomic mass is 9.84. The van der Waals surface area contributed by atoms with Crippen LogP contribution in [0.1, 0.15) is 64.0 Å². The lowest BCUT2D eigenvalue weighted by Crippen LogP contribution is -2.57. The second-order valence-electron chi connectivity index (χ2n) is 14.0. The molecular formula is C34H46N4O5S. The van der Waals surface area contributed by atoms with Crippen molar-refractivity contribution in [3.05, 3.63) is 65.7 Å². The Morgan fingerprint density at radius 3 is 2.16 bits per heavy atom. The number of piperidine rings is 1. The fraction of sp³-hybridized carbons (Fsp3) is 0.559. The van der Waals surface area contributed by atoms with Crippen LogP contribution in [0.25, 0.3) is 0 Å². The van der Waals surface area contributed by atoms with Gasteiger partial charge in [0.05, 0.1) is 11.4 Å². The molecular weight excluding hydrogens is 576 g/mol. The highest BCUT2D eigenvalue weighted by Crippen LogP contribution is 2.40. The normalized spacial score (nSPS) is 22.8. The Bertz CT molecular complexity index is 1480. The molecule has 3 heterocycles. The van der Waals surface area contributed by atoms with E-state index in [1.165, 1.54) is 22.6 Å².